The standard InChI is InChI=1S/C12H17NO2.ClH/c1-12(2)7-13-11(15-8-12)9-5-3-4-6-10(9)14;/h3-6,11,13-14H,7-8H2,1-2H3;1H. The summed E-state index contributed by atoms with van der Waals surface area (Å²) >= 11 is 0. The van der Waals surface area contributed by atoms with Gasteiger partial charge in [0.05, 0.1) is 6.61 Å². The zero-order valence-corrected chi connectivity index (χ0v) is 10.4. The second-order valence-corrected chi connectivity index (χ2v) is 4.79. The number of hydrogen-bond donors (Lipinski definition) is 2. The molecular formula is C12H18ClNO2. The van der Waals surface area contributed by atoms with Crippen molar-refractivity contribution in [3.05, 3.63) is 29.8 Å². The van der Waals surface area contributed by atoms with Gasteiger partial charge in [-0.2, -0.15) is 0 Å². The molecule has 4 heteroatoms. The van der Waals surface area contributed by atoms with Crippen LogP contribution in [0.3, 0.4) is 0 Å². The third-order valence-electron chi connectivity index (χ3n) is 2.63. The van der Waals surface area contributed by atoms with Gasteiger partial charge in [-0.25, -0.2) is 0 Å². The molecule has 2 rings (SSSR count). The van der Waals surface area contributed by atoms with E-state index in [-0.39, 0.29) is 29.8 Å². The number of phenols is 1. The van der Waals surface area contributed by atoms with Crippen molar-refractivity contribution < 1.29 is 9.84 Å². The predicted molar refractivity (Wildman–Crippen MR) is 65.8 cm³/mol. The number of para-hydroxylation sites is 1. The minimum Gasteiger partial charge on any atom is -0.508 e. The van der Waals surface area contributed by atoms with Crippen molar-refractivity contribution in [1.29, 1.82) is 0 Å². The van der Waals surface area contributed by atoms with Gasteiger partial charge in [-0.05, 0) is 6.07 Å². The molecule has 0 aliphatic carbocycles. The van der Waals surface area contributed by atoms with Gasteiger partial charge in [0.2, 0.25) is 0 Å². The summed E-state index contributed by atoms with van der Waals surface area (Å²) in [7, 11) is 0. The van der Waals surface area contributed by atoms with E-state index >= 15 is 0 Å². The maximum Gasteiger partial charge on any atom is 0.137 e. The minimum atomic E-state index is -0.181. The molecule has 0 saturated carbocycles. The number of benzene rings is 1. The molecule has 16 heavy (non-hydrogen) atoms. The van der Waals surface area contributed by atoms with E-state index in [0.29, 0.717) is 6.61 Å². The summed E-state index contributed by atoms with van der Waals surface area (Å²) in [6.07, 6.45) is -0.181. The second-order valence-electron chi connectivity index (χ2n) is 4.79. The zero-order valence-electron chi connectivity index (χ0n) is 9.56. The Balaban J connectivity index is 0.00000128. The Morgan fingerprint density at radius 3 is 2.62 bits per heavy atom. The smallest absolute Gasteiger partial charge is 0.137 e. The van der Waals surface area contributed by atoms with Crippen molar-refractivity contribution in [2.24, 2.45) is 5.41 Å². The zero-order chi connectivity index (χ0) is 10.9. The van der Waals surface area contributed by atoms with Crippen LogP contribution in [0.1, 0.15) is 25.6 Å². The average Bonchev–Trinajstić information content (AvgIpc) is 2.19. The van der Waals surface area contributed by atoms with E-state index < -0.39 is 0 Å². The Morgan fingerprint density at radius 2 is 2.06 bits per heavy atom. The molecule has 1 aliphatic heterocycles. The maximum atomic E-state index is 9.67. The quantitative estimate of drug-likeness (QED) is 0.796. The molecule has 90 valence electrons. The molecule has 2 N–H and O–H groups in total. The topological polar surface area (TPSA) is 41.5 Å². The van der Waals surface area contributed by atoms with Gasteiger partial charge in [0.1, 0.15) is 12.0 Å². The number of halogens is 1. The monoisotopic (exact) mass is 243 g/mol. The molecule has 0 radical (unpaired) electrons. The molecule has 1 unspecified atom stereocenters. The highest BCUT2D eigenvalue weighted by molar-refractivity contribution is 5.85. The van der Waals surface area contributed by atoms with Crippen LogP contribution in [0.5, 0.6) is 5.75 Å². The van der Waals surface area contributed by atoms with E-state index in [2.05, 4.69) is 19.2 Å². The lowest BCUT2D eigenvalue weighted by atomic mass is 9.93. The highest BCUT2D eigenvalue weighted by Gasteiger charge is 2.28. The highest BCUT2D eigenvalue weighted by atomic mass is 35.5. The van der Waals surface area contributed by atoms with E-state index in [1.807, 2.05) is 18.2 Å². The van der Waals surface area contributed by atoms with Gasteiger partial charge in [0.15, 0.2) is 0 Å². The van der Waals surface area contributed by atoms with Gasteiger partial charge < -0.3 is 9.84 Å². The number of phenolic OH excluding ortho intramolecular Hbond substituents is 1. The molecule has 0 aromatic heterocycles. The molecule has 3 nitrogen and oxygen atoms in total. The first-order valence-electron chi connectivity index (χ1n) is 5.21. The SMILES string of the molecule is CC1(C)CNC(c2ccccc2O)OC1.Cl. The lowest BCUT2D eigenvalue weighted by Gasteiger charge is -2.35. The molecule has 1 aromatic carbocycles. The van der Waals surface area contributed by atoms with Crippen molar-refractivity contribution in [3.8, 4) is 5.75 Å². The number of aromatic hydroxyl groups is 1. The summed E-state index contributed by atoms with van der Waals surface area (Å²) in [4.78, 5) is 0. The van der Waals surface area contributed by atoms with Crippen LogP contribution in [-0.4, -0.2) is 18.3 Å². The molecule has 1 saturated heterocycles. The Labute approximate surface area is 102 Å². The number of hydrogen-bond acceptors (Lipinski definition) is 3. The molecule has 0 bridgehead atoms. The first-order valence-corrected chi connectivity index (χ1v) is 5.21. The minimum absolute atomic E-state index is 0. The lowest BCUT2D eigenvalue weighted by Crippen LogP contribution is -2.43. The van der Waals surface area contributed by atoms with Gasteiger partial charge in [0.25, 0.3) is 0 Å². The Morgan fingerprint density at radius 1 is 1.38 bits per heavy atom. The normalized spacial score (nSPS) is 23.5. The summed E-state index contributed by atoms with van der Waals surface area (Å²) < 4.78 is 5.69. The molecular weight excluding hydrogens is 226 g/mol. The van der Waals surface area contributed by atoms with Crippen LogP contribution in [0.15, 0.2) is 24.3 Å². The van der Waals surface area contributed by atoms with Crippen molar-refractivity contribution in [3.63, 3.8) is 0 Å². The van der Waals surface area contributed by atoms with Crippen molar-refractivity contribution in [2.75, 3.05) is 13.2 Å². The van der Waals surface area contributed by atoms with Crippen LogP contribution in [-0.2, 0) is 4.74 Å². The summed E-state index contributed by atoms with van der Waals surface area (Å²) in [5, 5.41) is 13.0. The third-order valence-corrected chi connectivity index (χ3v) is 2.63. The van der Waals surface area contributed by atoms with Crippen molar-refractivity contribution in [1.82, 2.24) is 5.32 Å². The molecule has 0 spiro atoms. The summed E-state index contributed by atoms with van der Waals surface area (Å²) in [6, 6.07) is 7.27. The Bertz CT molecular complexity index is 345. The predicted octanol–water partition coefficient (Wildman–Crippen LogP) is 2.46. The third kappa shape index (κ3) is 2.88. The fourth-order valence-electron chi connectivity index (χ4n) is 1.70. The van der Waals surface area contributed by atoms with Crippen LogP contribution >= 0.6 is 12.4 Å². The van der Waals surface area contributed by atoms with Crippen molar-refractivity contribution in [2.45, 2.75) is 20.1 Å². The van der Waals surface area contributed by atoms with E-state index in [1.165, 1.54) is 0 Å². The molecule has 1 aliphatic rings. The molecule has 1 aromatic rings. The van der Waals surface area contributed by atoms with E-state index in [9.17, 15) is 5.11 Å². The van der Waals surface area contributed by atoms with E-state index in [0.717, 1.165) is 12.1 Å². The van der Waals surface area contributed by atoms with Gasteiger partial charge in [-0.1, -0.05) is 32.0 Å². The maximum absolute atomic E-state index is 9.67. The highest BCUT2D eigenvalue weighted by Crippen LogP contribution is 2.30. The van der Waals surface area contributed by atoms with Gasteiger partial charge >= 0.3 is 0 Å². The molecule has 0 amide bonds. The second kappa shape index (κ2) is 5.04. The lowest BCUT2D eigenvalue weighted by molar-refractivity contribution is -0.0603. The molecule has 1 fully saturated rings. The van der Waals surface area contributed by atoms with Crippen LogP contribution in [0.2, 0.25) is 0 Å². The Hall–Kier alpha value is -0.770. The van der Waals surface area contributed by atoms with E-state index in [1.54, 1.807) is 6.07 Å². The van der Waals surface area contributed by atoms with Crippen LogP contribution in [0.4, 0.5) is 0 Å². The first kappa shape index (κ1) is 13.3. The average molecular weight is 244 g/mol. The van der Waals surface area contributed by atoms with Gasteiger partial charge in [0, 0.05) is 17.5 Å². The fourth-order valence-corrected chi connectivity index (χ4v) is 1.70. The number of rotatable bonds is 1. The first-order chi connectivity index (χ1) is 7.08. The van der Waals surface area contributed by atoms with Crippen molar-refractivity contribution >= 4 is 12.4 Å². The van der Waals surface area contributed by atoms with Gasteiger partial charge in [-0.15, -0.1) is 12.4 Å². The summed E-state index contributed by atoms with van der Waals surface area (Å²) in [5.41, 5.74) is 0.981. The van der Waals surface area contributed by atoms with Crippen LogP contribution < -0.4 is 5.32 Å². The number of nitrogens with one attached hydrogen (secondary N) is 1. The van der Waals surface area contributed by atoms with Crippen LogP contribution in [0, 0.1) is 5.41 Å². The molecule has 1 heterocycles. The fraction of sp³-hybridized carbons (Fsp3) is 0.500. The molecule has 1 atom stereocenters. The summed E-state index contributed by atoms with van der Waals surface area (Å²) in [5.74, 6) is 0.287. The van der Waals surface area contributed by atoms with Crippen LogP contribution in [0.25, 0.3) is 0 Å². The largest absolute Gasteiger partial charge is 0.508 e. The Kier molecular flexibility index (Phi) is 4.19. The van der Waals surface area contributed by atoms with E-state index in [4.69, 9.17) is 4.74 Å². The number of ether oxygens (including phenoxy) is 1. The summed E-state index contributed by atoms with van der Waals surface area (Å²) in [6.45, 7) is 5.91. The van der Waals surface area contributed by atoms with Gasteiger partial charge in [-0.3, -0.25) is 5.32 Å².